The average molecular weight is 275 g/mol. The van der Waals surface area contributed by atoms with Gasteiger partial charge in [-0.05, 0) is 36.7 Å². The molecule has 20 heavy (non-hydrogen) atoms. The Labute approximate surface area is 121 Å². The summed E-state index contributed by atoms with van der Waals surface area (Å²) in [6.07, 6.45) is 2.50. The minimum atomic E-state index is -0.354. The van der Waals surface area contributed by atoms with E-state index in [0.717, 1.165) is 12.1 Å². The SMILES string of the molecule is CCOC(=O)C(NCC1(C(C)C)CC1)c1ccccc1. The maximum absolute atomic E-state index is 12.2. The van der Waals surface area contributed by atoms with Gasteiger partial charge in [-0.1, -0.05) is 44.2 Å². The van der Waals surface area contributed by atoms with Crippen molar-refractivity contribution in [3.63, 3.8) is 0 Å². The number of rotatable bonds is 7. The Hall–Kier alpha value is -1.35. The van der Waals surface area contributed by atoms with Crippen molar-refractivity contribution in [3.05, 3.63) is 35.9 Å². The summed E-state index contributed by atoms with van der Waals surface area (Å²) in [5, 5.41) is 3.43. The van der Waals surface area contributed by atoms with Crippen LogP contribution in [-0.4, -0.2) is 19.1 Å². The number of esters is 1. The van der Waals surface area contributed by atoms with Crippen LogP contribution < -0.4 is 5.32 Å². The molecule has 0 spiro atoms. The lowest BCUT2D eigenvalue weighted by Crippen LogP contribution is -2.36. The van der Waals surface area contributed by atoms with Crippen LogP contribution in [0.5, 0.6) is 0 Å². The minimum absolute atomic E-state index is 0.182. The lowest BCUT2D eigenvalue weighted by molar-refractivity contribution is -0.146. The molecule has 3 heteroatoms. The van der Waals surface area contributed by atoms with Gasteiger partial charge in [-0.2, -0.15) is 0 Å². The molecule has 1 aromatic rings. The van der Waals surface area contributed by atoms with Crippen molar-refractivity contribution in [1.29, 1.82) is 0 Å². The Balaban J connectivity index is 2.06. The maximum atomic E-state index is 12.2. The molecule has 1 aliphatic carbocycles. The predicted octanol–water partition coefficient (Wildman–Crippen LogP) is 3.32. The van der Waals surface area contributed by atoms with Crippen molar-refractivity contribution < 1.29 is 9.53 Å². The highest BCUT2D eigenvalue weighted by Gasteiger charge is 2.45. The van der Waals surface area contributed by atoms with E-state index in [9.17, 15) is 4.79 Å². The van der Waals surface area contributed by atoms with Gasteiger partial charge in [-0.15, -0.1) is 0 Å². The lowest BCUT2D eigenvalue weighted by atomic mass is 9.92. The molecule has 0 radical (unpaired) electrons. The molecule has 1 fully saturated rings. The third kappa shape index (κ3) is 3.40. The minimum Gasteiger partial charge on any atom is -0.465 e. The summed E-state index contributed by atoms with van der Waals surface area (Å²) in [5.41, 5.74) is 1.35. The first kappa shape index (κ1) is 15.0. The highest BCUT2D eigenvalue weighted by Crippen LogP contribution is 2.51. The number of hydrogen-bond donors (Lipinski definition) is 1. The standard InChI is InChI=1S/C17H25NO2/c1-4-20-16(19)15(14-8-6-5-7-9-14)18-12-17(10-11-17)13(2)3/h5-9,13,15,18H,4,10-12H2,1-3H3. The summed E-state index contributed by atoms with van der Waals surface area (Å²) in [4.78, 5) is 12.2. The third-order valence-corrected chi connectivity index (χ3v) is 4.43. The van der Waals surface area contributed by atoms with Crippen molar-refractivity contribution >= 4 is 5.97 Å². The smallest absolute Gasteiger partial charge is 0.327 e. The van der Waals surface area contributed by atoms with E-state index in [2.05, 4.69) is 19.2 Å². The molecule has 1 unspecified atom stereocenters. The molecule has 2 rings (SSSR count). The highest BCUT2D eigenvalue weighted by atomic mass is 16.5. The zero-order valence-corrected chi connectivity index (χ0v) is 12.7. The van der Waals surface area contributed by atoms with Gasteiger partial charge >= 0.3 is 5.97 Å². The zero-order chi connectivity index (χ0) is 14.6. The zero-order valence-electron chi connectivity index (χ0n) is 12.7. The fourth-order valence-corrected chi connectivity index (χ4v) is 2.63. The average Bonchev–Trinajstić information content (AvgIpc) is 3.22. The number of carbonyl (C=O) groups is 1. The van der Waals surface area contributed by atoms with Gasteiger partial charge in [0.2, 0.25) is 0 Å². The summed E-state index contributed by atoms with van der Waals surface area (Å²) < 4.78 is 5.20. The van der Waals surface area contributed by atoms with Crippen LogP contribution in [0.4, 0.5) is 0 Å². The monoisotopic (exact) mass is 275 g/mol. The van der Waals surface area contributed by atoms with Crippen LogP contribution in [0.1, 0.15) is 45.2 Å². The summed E-state index contributed by atoms with van der Waals surface area (Å²) in [6.45, 7) is 7.66. The number of nitrogens with one attached hydrogen (secondary N) is 1. The van der Waals surface area contributed by atoms with Gasteiger partial charge in [-0.3, -0.25) is 0 Å². The summed E-state index contributed by atoms with van der Waals surface area (Å²) in [6, 6.07) is 9.47. The van der Waals surface area contributed by atoms with Gasteiger partial charge in [0.15, 0.2) is 0 Å². The van der Waals surface area contributed by atoms with E-state index in [1.807, 2.05) is 37.3 Å². The summed E-state index contributed by atoms with van der Waals surface area (Å²) >= 11 is 0. The van der Waals surface area contributed by atoms with E-state index < -0.39 is 0 Å². The van der Waals surface area contributed by atoms with Crippen LogP contribution in [0.3, 0.4) is 0 Å². The Bertz CT molecular complexity index is 438. The van der Waals surface area contributed by atoms with Crippen LogP contribution in [-0.2, 0) is 9.53 Å². The third-order valence-electron chi connectivity index (χ3n) is 4.43. The van der Waals surface area contributed by atoms with Gasteiger partial charge in [0.05, 0.1) is 6.61 Å². The van der Waals surface area contributed by atoms with Crippen molar-refractivity contribution in [1.82, 2.24) is 5.32 Å². The molecule has 0 heterocycles. The maximum Gasteiger partial charge on any atom is 0.327 e. The van der Waals surface area contributed by atoms with Crippen LogP contribution >= 0.6 is 0 Å². The summed E-state index contributed by atoms with van der Waals surface area (Å²) in [7, 11) is 0. The number of carbonyl (C=O) groups excluding carboxylic acids is 1. The van der Waals surface area contributed by atoms with Gasteiger partial charge in [0, 0.05) is 6.54 Å². The van der Waals surface area contributed by atoms with Gasteiger partial charge in [0.1, 0.15) is 6.04 Å². The molecule has 1 N–H and O–H groups in total. The molecule has 1 aromatic carbocycles. The van der Waals surface area contributed by atoms with E-state index in [1.54, 1.807) is 0 Å². The molecular weight excluding hydrogens is 250 g/mol. The van der Waals surface area contributed by atoms with Crippen LogP contribution in [0, 0.1) is 11.3 Å². The Morgan fingerprint density at radius 2 is 1.95 bits per heavy atom. The summed E-state index contributed by atoms with van der Waals surface area (Å²) in [5.74, 6) is 0.465. The van der Waals surface area contributed by atoms with Gasteiger partial charge in [-0.25, -0.2) is 4.79 Å². The largest absolute Gasteiger partial charge is 0.465 e. The van der Waals surface area contributed by atoms with Crippen LogP contribution in [0.25, 0.3) is 0 Å². The van der Waals surface area contributed by atoms with Crippen LogP contribution in [0.15, 0.2) is 30.3 Å². The molecule has 0 aliphatic heterocycles. The number of benzene rings is 1. The fourth-order valence-electron chi connectivity index (χ4n) is 2.63. The van der Waals surface area contributed by atoms with Crippen LogP contribution in [0.2, 0.25) is 0 Å². The Kier molecular flexibility index (Phi) is 4.81. The van der Waals surface area contributed by atoms with Crippen molar-refractivity contribution in [2.24, 2.45) is 11.3 Å². The van der Waals surface area contributed by atoms with Crippen molar-refractivity contribution in [2.75, 3.05) is 13.2 Å². The molecular formula is C17H25NO2. The molecule has 0 aromatic heterocycles. The van der Waals surface area contributed by atoms with E-state index in [1.165, 1.54) is 12.8 Å². The van der Waals surface area contributed by atoms with Gasteiger partial charge < -0.3 is 10.1 Å². The van der Waals surface area contributed by atoms with Crippen molar-refractivity contribution in [2.45, 2.75) is 39.7 Å². The fraction of sp³-hybridized carbons (Fsp3) is 0.588. The first-order valence-electron chi connectivity index (χ1n) is 7.54. The number of ether oxygens (including phenoxy) is 1. The second-order valence-corrected chi connectivity index (χ2v) is 5.99. The predicted molar refractivity (Wildman–Crippen MR) is 80.3 cm³/mol. The van der Waals surface area contributed by atoms with E-state index >= 15 is 0 Å². The normalized spacial score (nSPS) is 17.8. The molecule has 1 atom stereocenters. The topological polar surface area (TPSA) is 38.3 Å². The lowest BCUT2D eigenvalue weighted by Gasteiger charge is -2.24. The van der Waals surface area contributed by atoms with E-state index in [4.69, 9.17) is 4.74 Å². The molecule has 0 bridgehead atoms. The Morgan fingerprint density at radius 1 is 1.30 bits per heavy atom. The highest BCUT2D eigenvalue weighted by molar-refractivity contribution is 5.77. The van der Waals surface area contributed by atoms with E-state index in [-0.39, 0.29) is 12.0 Å². The first-order chi connectivity index (χ1) is 9.59. The molecule has 0 saturated heterocycles. The first-order valence-corrected chi connectivity index (χ1v) is 7.54. The van der Waals surface area contributed by atoms with Crippen molar-refractivity contribution in [3.8, 4) is 0 Å². The molecule has 110 valence electrons. The molecule has 3 nitrogen and oxygen atoms in total. The molecule has 0 amide bonds. The molecule has 1 aliphatic rings. The quantitative estimate of drug-likeness (QED) is 0.776. The second kappa shape index (κ2) is 6.40. The Morgan fingerprint density at radius 3 is 2.45 bits per heavy atom. The van der Waals surface area contributed by atoms with E-state index in [0.29, 0.717) is 17.9 Å². The van der Waals surface area contributed by atoms with Gasteiger partial charge in [0.25, 0.3) is 0 Å². The number of hydrogen-bond acceptors (Lipinski definition) is 3. The molecule has 1 saturated carbocycles. The second-order valence-electron chi connectivity index (χ2n) is 5.99.